The normalized spacial score (nSPS) is 15.5. The van der Waals surface area contributed by atoms with Crippen molar-refractivity contribution in [3.63, 3.8) is 0 Å². The zero-order valence-corrected chi connectivity index (χ0v) is 13.2. The smallest absolute Gasteiger partial charge is 0.200 e. The van der Waals surface area contributed by atoms with Crippen LogP contribution in [0, 0.1) is 6.04 Å². The summed E-state index contributed by atoms with van der Waals surface area (Å²) in [4.78, 5) is 6.61. The first-order valence-corrected chi connectivity index (χ1v) is 7.44. The van der Waals surface area contributed by atoms with Gasteiger partial charge in [-0.25, -0.2) is 4.98 Å². The molecule has 2 aromatic rings. The number of ether oxygens (including phenoxy) is 2. The molecular weight excluding hydrogens is 294 g/mol. The van der Waals surface area contributed by atoms with E-state index < -0.39 is 0 Å². The lowest BCUT2D eigenvalue weighted by Gasteiger charge is -2.34. The van der Waals surface area contributed by atoms with Crippen molar-refractivity contribution in [2.24, 2.45) is 0 Å². The Morgan fingerprint density at radius 2 is 1.91 bits per heavy atom. The average molecular weight is 314 g/mol. The van der Waals surface area contributed by atoms with Crippen molar-refractivity contribution in [2.75, 3.05) is 38.8 Å². The summed E-state index contributed by atoms with van der Waals surface area (Å²) in [6.45, 7) is 2.40. The van der Waals surface area contributed by atoms with E-state index in [1.54, 1.807) is 6.20 Å². The molecule has 1 radical (unpaired) electrons. The fraction of sp³-hybridized carbons (Fsp3) is 0.294. The molecule has 1 fully saturated rings. The summed E-state index contributed by atoms with van der Waals surface area (Å²) < 4.78 is 10.5. The topological polar surface area (TPSA) is 66.9 Å². The Bertz CT molecular complexity index is 638. The van der Waals surface area contributed by atoms with E-state index in [-0.39, 0.29) is 5.75 Å². The summed E-state index contributed by atoms with van der Waals surface area (Å²) in [6.07, 6.45) is 1.80. The van der Waals surface area contributed by atoms with Gasteiger partial charge in [0.05, 0.1) is 20.3 Å². The molecule has 6 nitrogen and oxygen atoms in total. The maximum atomic E-state index is 10.0. The van der Waals surface area contributed by atoms with Gasteiger partial charge in [0.25, 0.3) is 0 Å². The van der Waals surface area contributed by atoms with Crippen molar-refractivity contribution in [1.82, 2.24) is 10.3 Å². The highest BCUT2D eigenvalue weighted by Gasteiger charge is 2.24. The van der Waals surface area contributed by atoms with E-state index in [1.807, 2.05) is 30.3 Å². The van der Waals surface area contributed by atoms with Crippen LogP contribution in [0.5, 0.6) is 17.2 Å². The highest BCUT2D eigenvalue weighted by molar-refractivity contribution is 5.56. The number of piperazine rings is 1. The van der Waals surface area contributed by atoms with Crippen LogP contribution in [0.25, 0.3) is 0 Å². The molecular formula is C17H20N3O3. The molecule has 23 heavy (non-hydrogen) atoms. The van der Waals surface area contributed by atoms with Crippen LogP contribution < -0.4 is 19.7 Å². The zero-order valence-electron chi connectivity index (χ0n) is 13.2. The van der Waals surface area contributed by atoms with Gasteiger partial charge in [-0.05, 0) is 29.8 Å². The Morgan fingerprint density at radius 3 is 2.52 bits per heavy atom. The Hall–Kier alpha value is -2.47. The molecule has 0 saturated carbocycles. The Morgan fingerprint density at radius 1 is 1.17 bits per heavy atom. The van der Waals surface area contributed by atoms with Crippen LogP contribution in [0.2, 0.25) is 0 Å². The molecule has 0 atom stereocenters. The molecule has 0 bridgehead atoms. The van der Waals surface area contributed by atoms with Crippen molar-refractivity contribution >= 4 is 5.82 Å². The number of nitrogens with zero attached hydrogens (tertiary/aromatic N) is 2. The molecule has 1 aromatic heterocycles. The number of pyridine rings is 1. The summed E-state index contributed by atoms with van der Waals surface area (Å²) in [5, 5.41) is 13.5. The lowest BCUT2D eigenvalue weighted by atomic mass is 10.0. The van der Waals surface area contributed by atoms with Crippen LogP contribution in [-0.4, -0.2) is 43.9 Å². The molecule has 3 rings (SSSR count). The predicted molar refractivity (Wildman–Crippen MR) is 88.0 cm³/mol. The van der Waals surface area contributed by atoms with Crippen LogP contribution >= 0.6 is 0 Å². The molecule has 1 saturated heterocycles. The van der Waals surface area contributed by atoms with Gasteiger partial charge in [-0.15, -0.1) is 0 Å². The largest absolute Gasteiger partial charge is 0.502 e. The standard InChI is InChI=1S/C17H20N3O3/c1-22-14-9-12(10-15(23-2)17(14)21)13-11-20(8-7-18-13)16-5-3-4-6-19-16/h3-6,9-10,18,21H,7-8,11H2,1-2H3. The van der Waals surface area contributed by atoms with Crippen molar-refractivity contribution in [3.8, 4) is 17.2 Å². The highest BCUT2D eigenvalue weighted by atomic mass is 16.5. The lowest BCUT2D eigenvalue weighted by molar-refractivity contribution is 0.339. The number of aromatic nitrogens is 1. The van der Waals surface area contributed by atoms with Gasteiger partial charge < -0.3 is 24.8 Å². The van der Waals surface area contributed by atoms with Gasteiger partial charge in [-0.3, -0.25) is 0 Å². The number of nitrogens with one attached hydrogen (secondary N) is 1. The SMILES string of the molecule is COc1cc([C]2CN(c3ccccn3)CCN2)cc(OC)c1O. The Labute approximate surface area is 135 Å². The zero-order chi connectivity index (χ0) is 16.2. The Balaban J connectivity index is 1.86. The molecule has 121 valence electrons. The maximum Gasteiger partial charge on any atom is 0.200 e. The fourth-order valence-corrected chi connectivity index (χ4v) is 2.66. The van der Waals surface area contributed by atoms with Crippen molar-refractivity contribution in [1.29, 1.82) is 0 Å². The van der Waals surface area contributed by atoms with Gasteiger partial charge in [0, 0.05) is 25.8 Å². The number of hydrogen-bond acceptors (Lipinski definition) is 6. The first-order chi connectivity index (χ1) is 11.2. The van der Waals surface area contributed by atoms with E-state index in [0.29, 0.717) is 18.0 Å². The van der Waals surface area contributed by atoms with Gasteiger partial charge >= 0.3 is 0 Å². The van der Waals surface area contributed by atoms with Gasteiger partial charge in [-0.1, -0.05) is 6.07 Å². The number of methoxy groups -OCH3 is 2. The molecule has 0 aliphatic carbocycles. The van der Waals surface area contributed by atoms with E-state index in [9.17, 15) is 5.11 Å². The summed E-state index contributed by atoms with van der Waals surface area (Å²) in [7, 11) is 3.05. The number of phenolic OH excluding ortho intramolecular Hbond substituents is 1. The second kappa shape index (κ2) is 6.75. The fourth-order valence-electron chi connectivity index (χ4n) is 2.66. The third-order valence-corrected chi connectivity index (χ3v) is 3.87. The van der Waals surface area contributed by atoms with Gasteiger partial charge in [-0.2, -0.15) is 0 Å². The van der Waals surface area contributed by atoms with E-state index in [1.165, 1.54) is 14.2 Å². The molecule has 1 aliphatic heterocycles. The molecule has 0 spiro atoms. The molecule has 2 N–H and O–H groups in total. The highest BCUT2D eigenvalue weighted by Crippen LogP contribution is 2.39. The third kappa shape index (κ3) is 3.17. The molecule has 0 unspecified atom stereocenters. The quantitative estimate of drug-likeness (QED) is 0.897. The van der Waals surface area contributed by atoms with Crippen molar-refractivity contribution in [3.05, 3.63) is 48.1 Å². The minimum Gasteiger partial charge on any atom is -0.502 e. The van der Waals surface area contributed by atoms with Crippen LogP contribution in [0.3, 0.4) is 0 Å². The van der Waals surface area contributed by atoms with Crippen LogP contribution in [0.1, 0.15) is 5.56 Å². The monoisotopic (exact) mass is 314 g/mol. The van der Waals surface area contributed by atoms with Crippen molar-refractivity contribution < 1.29 is 14.6 Å². The molecule has 2 heterocycles. The van der Waals surface area contributed by atoms with Gasteiger partial charge in [0.1, 0.15) is 5.82 Å². The molecule has 6 heteroatoms. The van der Waals surface area contributed by atoms with Crippen LogP contribution in [0.4, 0.5) is 5.82 Å². The van der Waals surface area contributed by atoms with Crippen molar-refractivity contribution in [2.45, 2.75) is 0 Å². The van der Waals surface area contributed by atoms with Crippen LogP contribution in [-0.2, 0) is 0 Å². The predicted octanol–water partition coefficient (Wildman–Crippen LogP) is 1.79. The average Bonchev–Trinajstić information content (AvgIpc) is 2.63. The molecule has 1 aliphatic rings. The van der Waals surface area contributed by atoms with E-state index >= 15 is 0 Å². The summed E-state index contributed by atoms with van der Waals surface area (Å²) >= 11 is 0. The lowest BCUT2D eigenvalue weighted by Crippen LogP contribution is -2.46. The molecule has 0 amide bonds. The maximum absolute atomic E-state index is 10.0. The van der Waals surface area contributed by atoms with Crippen LogP contribution in [0.15, 0.2) is 36.5 Å². The second-order valence-corrected chi connectivity index (χ2v) is 5.24. The van der Waals surface area contributed by atoms with E-state index in [0.717, 1.165) is 30.5 Å². The number of hydrogen-bond donors (Lipinski definition) is 2. The number of phenols is 1. The number of benzene rings is 1. The van der Waals surface area contributed by atoms with E-state index in [4.69, 9.17) is 9.47 Å². The van der Waals surface area contributed by atoms with Gasteiger partial charge in [0.15, 0.2) is 11.5 Å². The summed E-state index contributed by atoms with van der Waals surface area (Å²) in [5.41, 5.74) is 0.928. The minimum absolute atomic E-state index is 0.0109. The Kier molecular flexibility index (Phi) is 4.52. The summed E-state index contributed by atoms with van der Waals surface area (Å²) in [5.74, 6) is 1.74. The first kappa shape index (κ1) is 15.4. The van der Waals surface area contributed by atoms with E-state index in [2.05, 4.69) is 15.2 Å². The molecule has 1 aromatic carbocycles. The second-order valence-electron chi connectivity index (χ2n) is 5.24. The number of rotatable bonds is 4. The first-order valence-electron chi connectivity index (χ1n) is 7.44. The third-order valence-electron chi connectivity index (χ3n) is 3.87. The number of aromatic hydroxyl groups is 1. The van der Waals surface area contributed by atoms with Gasteiger partial charge in [0.2, 0.25) is 5.75 Å². The summed E-state index contributed by atoms with van der Waals surface area (Å²) in [6, 6.07) is 10.5. The number of anilines is 1. The minimum atomic E-state index is 0.0109.